The molecule has 1 fully saturated rings. The number of amides is 1. The summed E-state index contributed by atoms with van der Waals surface area (Å²) in [6.45, 7) is 2.94. The molecule has 0 saturated carbocycles. The lowest BCUT2D eigenvalue weighted by atomic mass is 9.87. The number of carboxylic acids is 1. The van der Waals surface area contributed by atoms with Crippen LogP contribution in [0.4, 0.5) is 0 Å². The van der Waals surface area contributed by atoms with Gasteiger partial charge in [-0.25, -0.2) is 0 Å². The quantitative estimate of drug-likeness (QED) is 0.933. The van der Waals surface area contributed by atoms with Crippen molar-refractivity contribution in [3.8, 4) is 0 Å². The summed E-state index contributed by atoms with van der Waals surface area (Å²) >= 11 is 7.25. The van der Waals surface area contributed by atoms with Crippen molar-refractivity contribution in [2.75, 3.05) is 13.1 Å². The van der Waals surface area contributed by atoms with Crippen molar-refractivity contribution in [1.29, 1.82) is 0 Å². The van der Waals surface area contributed by atoms with Crippen molar-refractivity contribution in [1.82, 2.24) is 4.90 Å². The highest BCUT2D eigenvalue weighted by molar-refractivity contribution is 7.16. The second-order valence-electron chi connectivity index (χ2n) is 4.93. The minimum Gasteiger partial charge on any atom is -0.481 e. The van der Waals surface area contributed by atoms with Crippen LogP contribution in [0, 0.1) is 11.8 Å². The third-order valence-corrected chi connectivity index (χ3v) is 4.76. The largest absolute Gasteiger partial charge is 0.481 e. The van der Waals surface area contributed by atoms with Crippen molar-refractivity contribution in [2.45, 2.75) is 19.8 Å². The third-order valence-electron chi connectivity index (χ3n) is 3.53. The maximum atomic E-state index is 12.1. The first-order valence-electron chi connectivity index (χ1n) is 6.22. The summed E-state index contributed by atoms with van der Waals surface area (Å²) in [6.07, 6.45) is 0.884. The average Bonchev–Trinajstić information content (AvgIpc) is 2.74. The molecule has 104 valence electrons. The van der Waals surface area contributed by atoms with Crippen LogP contribution in [0.15, 0.2) is 12.1 Å². The number of carbonyl (C=O) groups excluding carboxylic acids is 1. The van der Waals surface area contributed by atoms with Gasteiger partial charge >= 0.3 is 5.97 Å². The number of nitrogens with zero attached hydrogens (tertiary/aromatic N) is 1. The minimum atomic E-state index is -0.760. The maximum Gasteiger partial charge on any atom is 0.306 e. The first-order valence-corrected chi connectivity index (χ1v) is 7.41. The van der Waals surface area contributed by atoms with Crippen LogP contribution in [0.1, 0.15) is 18.2 Å². The van der Waals surface area contributed by atoms with Crippen LogP contribution in [-0.4, -0.2) is 35.0 Å². The van der Waals surface area contributed by atoms with Crippen molar-refractivity contribution < 1.29 is 14.7 Å². The van der Waals surface area contributed by atoms with Crippen LogP contribution < -0.4 is 0 Å². The van der Waals surface area contributed by atoms with Crippen LogP contribution in [0.2, 0.25) is 4.34 Å². The minimum absolute atomic E-state index is 0.00197. The number of halogens is 1. The molecule has 1 amide bonds. The SMILES string of the molecule is CC1CN(C(=O)Cc2ccc(Cl)s2)CCC1C(=O)O. The zero-order valence-corrected chi connectivity index (χ0v) is 12.2. The summed E-state index contributed by atoms with van der Waals surface area (Å²) in [4.78, 5) is 25.9. The lowest BCUT2D eigenvalue weighted by molar-refractivity contribution is -0.148. The molecule has 4 nitrogen and oxygen atoms in total. The number of rotatable bonds is 3. The highest BCUT2D eigenvalue weighted by Gasteiger charge is 2.32. The molecule has 0 aliphatic carbocycles. The topological polar surface area (TPSA) is 57.6 Å². The molecule has 1 saturated heterocycles. The fraction of sp³-hybridized carbons (Fsp3) is 0.538. The summed E-state index contributed by atoms with van der Waals surface area (Å²) in [5, 5.41) is 9.06. The lowest BCUT2D eigenvalue weighted by Crippen LogP contribution is -2.45. The lowest BCUT2D eigenvalue weighted by Gasteiger charge is -2.34. The van der Waals surface area contributed by atoms with Crippen LogP contribution in [0.3, 0.4) is 0 Å². The predicted molar refractivity (Wildman–Crippen MR) is 74.5 cm³/mol. The summed E-state index contributed by atoms with van der Waals surface area (Å²) in [7, 11) is 0. The summed E-state index contributed by atoms with van der Waals surface area (Å²) in [5.74, 6) is -1.04. The number of aliphatic carboxylic acids is 1. The zero-order valence-electron chi connectivity index (χ0n) is 10.6. The predicted octanol–water partition coefficient (Wildman–Crippen LogP) is 2.51. The molecular weight excluding hydrogens is 286 g/mol. The van der Waals surface area contributed by atoms with Gasteiger partial charge in [0.15, 0.2) is 0 Å². The van der Waals surface area contributed by atoms with Crippen LogP contribution in [0.5, 0.6) is 0 Å². The number of carboxylic acid groups (broad SMARTS) is 1. The maximum absolute atomic E-state index is 12.1. The Morgan fingerprint density at radius 1 is 1.53 bits per heavy atom. The normalized spacial score (nSPS) is 23.4. The molecule has 19 heavy (non-hydrogen) atoms. The van der Waals surface area contributed by atoms with Crippen molar-refractivity contribution in [2.24, 2.45) is 11.8 Å². The molecule has 0 spiro atoms. The van der Waals surface area contributed by atoms with Gasteiger partial charge in [0, 0.05) is 18.0 Å². The van der Waals surface area contributed by atoms with E-state index in [1.807, 2.05) is 13.0 Å². The van der Waals surface area contributed by atoms with Gasteiger partial charge in [0.25, 0.3) is 0 Å². The summed E-state index contributed by atoms with van der Waals surface area (Å²) < 4.78 is 0.681. The first kappa shape index (κ1) is 14.3. The van der Waals surface area contributed by atoms with Gasteiger partial charge in [-0.05, 0) is 24.5 Å². The van der Waals surface area contributed by atoms with E-state index in [0.717, 1.165) is 4.88 Å². The van der Waals surface area contributed by atoms with Crippen LogP contribution in [-0.2, 0) is 16.0 Å². The van der Waals surface area contributed by atoms with Gasteiger partial charge < -0.3 is 10.0 Å². The van der Waals surface area contributed by atoms with Gasteiger partial charge in [-0.1, -0.05) is 18.5 Å². The summed E-state index contributed by atoms with van der Waals surface area (Å²) in [6, 6.07) is 3.65. The molecule has 1 aromatic rings. The Hall–Kier alpha value is -1.07. The second kappa shape index (κ2) is 5.92. The Bertz CT molecular complexity index is 488. The number of likely N-dealkylation sites (tertiary alicyclic amines) is 1. The molecule has 2 unspecified atom stereocenters. The number of hydrogen-bond acceptors (Lipinski definition) is 3. The highest BCUT2D eigenvalue weighted by atomic mass is 35.5. The number of hydrogen-bond donors (Lipinski definition) is 1. The van der Waals surface area contributed by atoms with Crippen LogP contribution >= 0.6 is 22.9 Å². The molecule has 2 rings (SSSR count). The monoisotopic (exact) mass is 301 g/mol. The molecule has 0 bridgehead atoms. The molecular formula is C13H16ClNO3S. The molecule has 0 aromatic carbocycles. The molecule has 0 radical (unpaired) electrons. The van der Waals surface area contributed by atoms with E-state index < -0.39 is 5.97 Å². The molecule has 6 heteroatoms. The molecule has 1 N–H and O–H groups in total. The van der Waals surface area contributed by atoms with E-state index in [4.69, 9.17) is 16.7 Å². The molecule has 1 aliphatic heterocycles. The number of piperidine rings is 1. The van der Waals surface area contributed by atoms with Gasteiger partial charge in [-0.3, -0.25) is 9.59 Å². The highest BCUT2D eigenvalue weighted by Crippen LogP contribution is 2.26. The second-order valence-corrected chi connectivity index (χ2v) is 6.73. The fourth-order valence-corrected chi connectivity index (χ4v) is 3.53. The fourth-order valence-electron chi connectivity index (χ4n) is 2.45. The number of thiophene rings is 1. The van der Waals surface area contributed by atoms with Crippen molar-refractivity contribution >= 4 is 34.8 Å². The standard InChI is InChI=1S/C13H16ClNO3S/c1-8-7-15(5-4-10(8)13(17)18)12(16)6-9-2-3-11(14)19-9/h2-3,8,10H,4-7H2,1H3,(H,17,18). The first-order chi connectivity index (χ1) is 8.97. The Kier molecular flexibility index (Phi) is 4.47. The zero-order chi connectivity index (χ0) is 14.0. The molecule has 2 atom stereocenters. The average molecular weight is 302 g/mol. The Labute approximate surface area is 121 Å². The molecule has 1 aliphatic rings. The summed E-state index contributed by atoms with van der Waals surface area (Å²) in [5.41, 5.74) is 0. The van der Waals surface area contributed by atoms with Crippen molar-refractivity contribution in [3.63, 3.8) is 0 Å². The van der Waals surface area contributed by atoms with E-state index in [9.17, 15) is 9.59 Å². The van der Waals surface area contributed by atoms with Gasteiger partial charge in [-0.15, -0.1) is 11.3 Å². The van der Waals surface area contributed by atoms with Gasteiger partial charge in [-0.2, -0.15) is 0 Å². The number of carbonyl (C=O) groups is 2. The van der Waals surface area contributed by atoms with E-state index >= 15 is 0 Å². The molecule has 2 heterocycles. The smallest absolute Gasteiger partial charge is 0.306 e. The third kappa shape index (κ3) is 3.48. The van der Waals surface area contributed by atoms with Crippen LogP contribution in [0.25, 0.3) is 0 Å². The molecule has 1 aromatic heterocycles. The Balaban J connectivity index is 1.93. The van der Waals surface area contributed by atoms with Gasteiger partial charge in [0.2, 0.25) is 5.91 Å². The van der Waals surface area contributed by atoms with E-state index in [0.29, 0.717) is 30.3 Å². The Morgan fingerprint density at radius 2 is 2.26 bits per heavy atom. The van der Waals surface area contributed by atoms with E-state index in [-0.39, 0.29) is 17.7 Å². The van der Waals surface area contributed by atoms with Crippen molar-refractivity contribution in [3.05, 3.63) is 21.3 Å². The Morgan fingerprint density at radius 3 is 2.79 bits per heavy atom. The van der Waals surface area contributed by atoms with Gasteiger partial charge in [0.1, 0.15) is 0 Å². The van der Waals surface area contributed by atoms with E-state index in [2.05, 4.69) is 0 Å². The van der Waals surface area contributed by atoms with E-state index in [1.54, 1.807) is 11.0 Å². The van der Waals surface area contributed by atoms with Gasteiger partial charge in [0.05, 0.1) is 16.7 Å². The van der Waals surface area contributed by atoms with E-state index in [1.165, 1.54) is 11.3 Å².